The molecule has 1 aromatic carbocycles. The van der Waals surface area contributed by atoms with E-state index < -0.39 is 15.8 Å². The molecule has 0 aliphatic heterocycles. The first kappa shape index (κ1) is 16.1. The molecular weight excluding hydrogens is 267 g/mol. The minimum absolute atomic E-state index is 0.184. The number of hydrogen-bond acceptors (Lipinski definition) is 3. The van der Waals surface area contributed by atoms with Crippen LogP contribution in [0.2, 0.25) is 0 Å². The molecule has 1 N–H and O–H groups in total. The molecule has 6 heteroatoms. The van der Waals surface area contributed by atoms with Crippen LogP contribution in [-0.4, -0.2) is 33.4 Å². The lowest BCUT2D eigenvalue weighted by molar-refractivity contribution is 0.414. The van der Waals surface area contributed by atoms with Crippen LogP contribution in [0.4, 0.5) is 4.39 Å². The molecule has 0 aliphatic rings. The van der Waals surface area contributed by atoms with E-state index in [4.69, 9.17) is 0 Å². The van der Waals surface area contributed by atoms with Crippen LogP contribution in [0.1, 0.15) is 19.4 Å². The van der Waals surface area contributed by atoms with E-state index >= 15 is 0 Å². The second-order valence-electron chi connectivity index (χ2n) is 4.97. The number of rotatable bonds is 6. The summed E-state index contributed by atoms with van der Waals surface area (Å²) in [6, 6.07) is 4.16. The molecule has 108 valence electrons. The van der Waals surface area contributed by atoms with Crippen LogP contribution >= 0.6 is 0 Å². The van der Waals surface area contributed by atoms with Crippen LogP contribution in [0.5, 0.6) is 0 Å². The lowest BCUT2D eigenvalue weighted by Gasteiger charge is -2.20. The normalized spacial score (nSPS) is 12.4. The standard InChI is InChI=1S/C13H21FN2O2S/c1-10(2)9-16(4)19(17,18)13-7-11(8-15-3)5-6-12(13)14/h5-7,10,15H,8-9H2,1-4H3. The van der Waals surface area contributed by atoms with Crippen molar-refractivity contribution in [2.24, 2.45) is 5.92 Å². The molecule has 0 saturated heterocycles. The van der Waals surface area contributed by atoms with Gasteiger partial charge in [0.1, 0.15) is 10.7 Å². The van der Waals surface area contributed by atoms with Gasteiger partial charge in [-0.15, -0.1) is 0 Å². The molecule has 0 aromatic heterocycles. The Labute approximate surface area is 114 Å². The van der Waals surface area contributed by atoms with Crippen molar-refractivity contribution in [3.8, 4) is 0 Å². The maximum absolute atomic E-state index is 13.8. The van der Waals surface area contributed by atoms with Crippen molar-refractivity contribution in [2.45, 2.75) is 25.3 Å². The van der Waals surface area contributed by atoms with Crippen molar-refractivity contribution in [1.82, 2.24) is 9.62 Å². The van der Waals surface area contributed by atoms with Crippen molar-refractivity contribution < 1.29 is 12.8 Å². The molecule has 0 aliphatic carbocycles. The van der Waals surface area contributed by atoms with Gasteiger partial charge in [0.05, 0.1) is 0 Å². The summed E-state index contributed by atoms with van der Waals surface area (Å²) in [7, 11) is -0.551. The fourth-order valence-corrected chi connectivity index (χ4v) is 3.28. The van der Waals surface area contributed by atoms with Gasteiger partial charge in [0.2, 0.25) is 10.0 Å². The Hall–Kier alpha value is -0.980. The molecule has 0 fully saturated rings. The first-order chi connectivity index (χ1) is 8.78. The third-order valence-electron chi connectivity index (χ3n) is 2.69. The SMILES string of the molecule is CNCc1ccc(F)c(S(=O)(=O)N(C)CC(C)C)c1. The van der Waals surface area contributed by atoms with E-state index in [1.165, 1.54) is 23.5 Å². The maximum Gasteiger partial charge on any atom is 0.245 e. The molecule has 0 atom stereocenters. The van der Waals surface area contributed by atoms with E-state index in [2.05, 4.69) is 5.32 Å². The lowest BCUT2D eigenvalue weighted by Crippen LogP contribution is -2.31. The Kier molecular flexibility index (Phi) is 5.46. The Morgan fingerprint density at radius 3 is 2.53 bits per heavy atom. The molecule has 0 heterocycles. The van der Waals surface area contributed by atoms with Gasteiger partial charge in [0, 0.05) is 20.1 Å². The molecule has 0 amide bonds. The van der Waals surface area contributed by atoms with Gasteiger partial charge < -0.3 is 5.32 Å². The summed E-state index contributed by atoms with van der Waals surface area (Å²) in [6.07, 6.45) is 0. The highest BCUT2D eigenvalue weighted by molar-refractivity contribution is 7.89. The average molecular weight is 288 g/mol. The number of benzene rings is 1. The van der Waals surface area contributed by atoms with Crippen LogP contribution in [-0.2, 0) is 16.6 Å². The topological polar surface area (TPSA) is 49.4 Å². The Morgan fingerprint density at radius 1 is 1.37 bits per heavy atom. The summed E-state index contributed by atoms with van der Waals surface area (Å²) in [6.45, 7) is 4.69. The van der Waals surface area contributed by atoms with Gasteiger partial charge in [-0.25, -0.2) is 17.1 Å². The zero-order valence-corrected chi connectivity index (χ0v) is 12.6. The van der Waals surface area contributed by atoms with Gasteiger partial charge in [-0.1, -0.05) is 19.9 Å². The smallest absolute Gasteiger partial charge is 0.245 e. The molecule has 1 aromatic rings. The highest BCUT2D eigenvalue weighted by Crippen LogP contribution is 2.20. The van der Waals surface area contributed by atoms with Crippen LogP contribution in [0.15, 0.2) is 23.1 Å². The minimum Gasteiger partial charge on any atom is -0.316 e. The fourth-order valence-electron chi connectivity index (χ4n) is 1.84. The fraction of sp³-hybridized carbons (Fsp3) is 0.538. The Bertz CT molecular complexity index is 529. The molecule has 0 spiro atoms. The van der Waals surface area contributed by atoms with Crippen LogP contribution < -0.4 is 5.32 Å². The summed E-state index contributed by atoms with van der Waals surface area (Å²) in [5.41, 5.74) is 0.737. The summed E-state index contributed by atoms with van der Waals surface area (Å²) in [5, 5.41) is 2.91. The zero-order valence-electron chi connectivity index (χ0n) is 11.8. The number of nitrogens with zero attached hydrogens (tertiary/aromatic N) is 1. The van der Waals surface area contributed by atoms with Gasteiger partial charge in [0.15, 0.2) is 0 Å². The summed E-state index contributed by atoms with van der Waals surface area (Å²) < 4.78 is 39.6. The van der Waals surface area contributed by atoms with Gasteiger partial charge >= 0.3 is 0 Å². The van der Waals surface area contributed by atoms with Crippen molar-refractivity contribution in [3.05, 3.63) is 29.6 Å². The quantitative estimate of drug-likeness (QED) is 0.868. The van der Waals surface area contributed by atoms with E-state index in [9.17, 15) is 12.8 Å². The molecule has 0 unspecified atom stereocenters. The van der Waals surface area contributed by atoms with Gasteiger partial charge in [-0.05, 0) is 30.7 Å². The molecule has 1 rings (SSSR count). The van der Waals surface area contributed by atoms with E-state index in [0.29, 0.717) is 13.1 Å². The lowest BCUT2D eigenvalue weighted by atomic mass is 10.2. The van der Waals surface area contributed by atoms with E-state index in [-0.39, 0.29) is 10.8 Å². The zero-order chi connectivity index (χ0) is 14.6. The summed E-state index contributed by atoms with van der Waals surface area (Å²) in [4.78, 5) is -0.261. The van der Waals surface area contributed by atoms with Crippen LogP contribution in [0.3, 0.4) is 0 Å². The number of sulfonamides is 1. The largest absolute Gasteiger partial charge is 0.316 e. The van der Waals surface area contributed by atoms with Gasteiger partial charge in [-0.3, -0.25) is 0 Å². The molecule has 0 radical (unpaired) electrons. The number of nitrogens with one attached hydrogen (secondary N) is 1. The second-order valence-corrected chi connectivity index (χ2v) is 6.99. The maximum atomic E-state index is 13.8. The Morgan fingerprint density at radius 2 is 2.00 bits per heavy atom. The van der Waals surface area contributed by atoms with Gasteiger partial charge in [0.25, 0.3) is 0 Å². The highest BCUT2D eigenvalue weighted by Gasteiger charge is 2.25. The highest BCUT2D eigenvalue weighted by atomic mass is 32.2. The minimum atomic E-state index is -3.77. The average Bonchev–Trinajstić information content (AvgIpc) is 2.30. The third kappa shape index (κ3) is 3.99. The van der Waals surface area contributed by atoms with Crippen LogP contribution in [0.25, 0.3) is 0 Å². The molecular formula is C13H21FN2O2S. The predicted octanol–water partition coefficient (Wildman–Crippen LogP) is 1.82. The van der Waals surface area contributed by atoms with E-state index in [1.807, 2.05) is 13.8 Å². The number of hydrogen-bond donors (Lipinski definition) is 1. The van der Waals surface area contributed by atoms with Crippen molar-refractivity contribution >= 4 is 10.0 Å². The summed E-state index contributed by atoms with van der Waals surface area (Å²) in [5.74, 6) is -0.529. The molecule has 0 bridgehead atoms. The molecule has 4 nitrogen and oxygen atoms in total. The van der Waals surface area contributed by atoms with Gasteiger partial charge in [-0.2, -0.15) is 0 Å². The third-order valence-corrected chi connectivity index (χ3v) is 4.53. The molecule has 19 heavy (non-hydrogen) atoms. The monoisotopic (exact) mass is 288 g/mol. The second kappa shape index (κ2) is 6.45. The van der Waals surface area contributed by atoms with Crippen molar-refractivity contribution in [1.29, 1.82) is 0 Å². The first-order valence-electron chi connectivity index (χ1n) is 6.18. The predicted molar refractivity (Wildman–Crippen MR) is 73.8 cm³/mol. The van der Waals surface area contributed by atoms with E-state index in [0.717, 1.165) is 5.56 Å². The summed E-state index contributed by atoms with van der Waals surface area (Å²) >= 11 is 0. The number of halogens is 1. The van der Waals surface area contributed by atoms with E-state index in [1.54, 1.807) is 13.1 Å². The molecule has 0 saturated carbocycles. The van der Waals surface area contributed by atoms with Crippen molar-refractivity contribution in [2.75, 3.05) is 20.6 Å². The Balaban J connectivity index is 3.16. The van der Waals surface area contributed by atoms with Crippen molar-refractivity contribution in [3.63, 3.8) is 0 Å². The first-order valence-corrected chi connectivity index (χ1v) is 7.62. The van der Waals surface area contributed by atoms with Crippen LogP contribution in [0, 0.1) is 11.7 Å².